The van der Waals surface area contributed by atoms with E-state index in [-0.39, 0.29) is 0 Å². The summed E-state index contributed by atoms with van der Waals surface area (Å²) in [5.41, 5.74) is 0. The Morgan fingerprint density at radius 1 is 1.50 bits per heavy atom. The maximum atomic E-state index is 5.67. The molecule has 0 saturated carbocycles. The summed E-state index contributed by atoms with van der Waals surface area (Å²) in [4.78, 5) is 0. The Hall–Kier alpha value is 0.390. The van der Waals surface area contributed by atoms with Crippen LogP contribution in [0.1, 0.15) is 19.3 Å². The molecule has 12 heavy (non-hydrogen) atoms. The molecule has 0 aromatic rings. The highest BCUT2D eigenvalue weighted by atomic mass is 127. The van der Waals surface area contributed by atoms with Crippen LogP contribution in [0.25, 0.3) is 0 Å². The lowest BCUT2D eigenvalue weighted by Gasteiger charge is -2.27. The highest BCUT2D eigenvalue weighted by molar-refractivity contribution is 14.1. The van der Waals surface area contributed by atoms with Crippen LogP contribution in [-0.4, -0.2) is 28.9 Å². The number of hydrogen-bond acceptors (Lipinski definition) is 2. The smallest absolute Gasteiger partial charge is 0.0600 e. The second kappa shape index (κ2) is 5.94. The highest BCUT2D eigenvalue weighted by Gasteiger charge is 2.17. The van der Waals surface area contributed by atoms with E-state index in [0.29, 0.717) is 6.10 Å². The molecule has 1 aliphatic heterocycles. The predicted octanol–water partition coefficient (Wildman–Crippen LogP) is 2.39. The second-order valence-corrected chi connectivity index (χ2v) is 4.42. The fourth-order valence-electron chi connectivity index (χ4n) is 1.31. The Morgan fingerprint density at radius 3 is 2.75 bits per heavy atom. The van der Waals surface area contributed by atoms with Gasteiger partial charge in [-0.25, -0.2) is 3.11 Å². The standard InChI is InChI=1S/C9H16INO/c1-2-3-8-12-9-4-6-11(10)7-5-9/h2,9H,1,3-8H2. The van der Waals surface area contributed by atoms with E-state index in [1.54, 1.807) is 0 Å². The summed E-state index contributed by atoms with van der Waals surface area (Å²) in [6, 6.07) is 0. The van der Waals surface area contributed by atoms with E-state index in [9.17, 15) is 0 Å². The lowest BCUT2D eigenvalue weighted by Crippen LogP contribution is -2.31. The van der Waals surface area contributed by atoms with Crippen molar-refractivity contribution in [3.8, 4) is 0 Å². The van der Waals surface area contributed by atoms with Crippen molar-refractivity contribution in [3.05, 3.63) is 12.7 Å². The Labute approximate surface area is 88.5 Å². The third-order valence-electron chi connectivity index (χ3n) is 2.06. The Morgan fingerprint density at radius 2 is 2.17 bits per heavy atom. The Bertz CT molecular complexity index is 132. The van der Waals surface area contributed by atoms with Crippen LogP contribution in [-0.2, 0) is 4.74 Å². The normalized spacial score (nSPS) is 21.1. The monoisotopic (exact) mass is 281 g/mol. The fourth-order valence-corrected chi connectivity index (χ4v) is 1.87. The van der Waals surface area contributed by atoms with E-state index in [4.69, 9.17) is 4.74 Å². The largest absolute Gasteiger partial charge is 0.378 e. The van der Waals surface area contributed by atoms with Gasteiger partial charge in [0.2, 0.25) is 0 Å². The minimum Gasteiger partial charge on any atom is -0.378 e. The molecule has 0 unspecified atom stereocenters. The molecule has 1 heterocycles. The molecule has 2 nitrogen and oxygen atoms in total. The summed E-state index contributed by atoms with van der Waals surface area (Å²) in [6.45, 7) is 6.84. The summed E-state index contributed by atoms with van der Waals surface area (Å²) in [6.07, 6.45) is 5.74. The predicted molar refractivity (Wildman–Crippen MR) is 59.4 cm³/mol. The van der Waals surface area contributed by atoms with Gasteiger partial charge in [-0.15, -0.1) is 6.58 Å². The van der Waals surface area contributed by atoms with Crippen molar-refractivity contribution >= 4 is 22.9 Å². The first-order valence-electron chi connectivity index (χ1n) is 4.46. The van der Waals surface area contributed by atoms with Crippen molar-refractivity contribution in [1.29, 1.82) is 0 Å². The molecule has 0 aromatic heterocycles. The zero-order chi connectivity index (χ0) is 8.81. The van der Waals surface area contributed by atoms with Gasteiger partial charge in [-0.2, -0.15) is 0 Å². The van der Waals surface area contributed by atoms with Gasteiger partial charge in [-0.1, -0.05) is 6.08 Å². The molecule has 3 heteroatoms. The summed E-state index contributed by atoms with van der Waals surface area (Å²) in [5.74, 6) is 0. The molecule has 0 atom stereocenters. The summed E-state index contributed by atoms with van der Waals surface area (Å²) in [7, 11) is 0. The van der Waals surface area contributed by atoms with E-state index in [1.165, 1.54) is 25.9 Å². The molecule has 0 N–H and O–H groups in total. The lowest BCUT2D eigenvalue weighted by molar-refractivity contribution is 0.0274. The van der Waals surface area contributed by atoms with Crippen molar-refractivity contribution in [3.63, 3.8) is 0 Å². The SMILES string of the molecule is C=CCCOC1CCN(I)CC1. The van der Waals surface area contributed by atoms with Crippen molar-refractivity contribution in [2.75, 3.05) is 19.7 Å². The van der Waals surface area contributed by atoms with Crippen LogP contribution in [0, 0.1) is 0 Å². The maximum Gasteiger partial charge on any atom is 0.0600 e. The van der Waals surface area contributed by atoms with Gasteiger partial charge in [0.25, 0.3) is 0 Å². The molecular weight excluding hydrogens is 265 g/mol. The quantitative estimate of drug-likeness (QED) is 0.339. The van der Waals surface area contributed by atoms with Crippen LogP contribution >= 0.6 is 22.9 Å². The van der Waals surface area contributed by atoms with Gasteiger partial charge in [0, 0.05) is 36.0 Å². The minimum atomic E-state index is 0.496. The van der Waals surface area contributed by atoms with Gasteiger partial charge < -0.3 is 4.74 Å². The first-order chi connectivity index (χ1) is 5.83. The average Bonchev–Trinajstić information content (AvgIpc) is 2.09. The van der Waals surface area contributed by atoms with Crippen LogP contribution in [0.2, 0.25) is 0 Å². The average molecular weight is 281 g/mol. The van der Waals surface area contributed by atoms with Crippen LogP contribution in [0.5, 0.6) is 0 Å². The molecule has 0 amide bonds. The zero-order valence-electron chi connectivity index (χ0n) is 7.34. The first kappa shape index (κ1) is 10.5. The van der Waals surface area contributed by atoms with Gasteiger partial charge in [0.1, 0.15) is 0 Å². The number of hydrogen-bond donors (Lipinski definition) is 0. The van der Waals surface area contributed by atoms with Crippen molar-refractivity contribution in [2.24, 2.45) is 0 Å². The van der Waals surface area contributed by atoms with Crippen LogP contribution < -0.4 is 0 Å². The van der Waals surface area contributed by atoms with Gasteiger partial charge in [-0.05, 0) is 19.3 Å². The van der Waals surface area contributed by atoms with Crippen molar-refractivity contribution in [1.82, 2.24) is 3.11 Å². The Balaban J connectivity index is 2.05. The second-order valence-electron chi connectivity index (χ2n) is 3.06. The van der Waals surface area contributed by atoms with Crippen LogP contribution in [0.3, 0.4) is 0 Å². The number of halogens is 1. The molecule has 0 radical (unpaired) electrons. The van der Waals surface area contributed by atoms with Gasteiger partial charge in [-0.3, -0.25) is 0 Å². The fraction of sp³-hybridized carbons (Fsp3) is 0.778. The maximum absolute atomic E-state index is 5.67. The molecule has 0 spiro atoms. The molecular formula is C9H16INO. The Kier molecular flexibility index (Phi) is 5.18. The molecule has 1 rings (SSSR count). The van der Waals surface area contributed by atoms with Crippen molar-refractivity contribution < 1.29 is 4.74 Å². The molecule has 0 bridgehead atoms. The summed E-state index contributed by atoms with van der Waals surface area (Å²) >= 11 is 2.37. The first-order valence-corrected chi connectivity index (χ1v) is 5.42. The molecule has 0 aliphatic carbocycles. The van der Waals surface area contributed by atoms with E-state index >= 15 is 0 Å². The molecule has 1 saturated heterocycles. The minimum absolute atomic E-state index is 0.496. The lowest BCUT2D eigenvalue weighted by atomic mass is 10.1. The number of ether oxygens (including phenoxy) is 1. The highest BCUT2D eigenvalue weighted by Crippen LogP contribution is 2.16. The molecule has 1 fully saturated rings. The van der Waals surface area contributed by atoms with E-state index < -0.39 is 0 Å². The van der Waals surface area contributed by atoms with Crippen molar-refractivity contribution in [2.45, 2.75) is 25.4 Å². The van der Waals surface area contributed by atoms with E-state index in [1.807, 2.05) is 6.08 Å². The topological polar surface area (TPSA) is 12.5 Å². The summed E-state index contributed by atoms with van der Waals surface area (Å²) < 4.78 is 7.99. The third-order valence-corrected chi connectivity index (χ3v) is 3.03. The molecule has 1 aliphatic rings. The van der Waals surface area contributed by atoms with Gasteiger partial charge in [0.15, 0.2) is 0 Å². The number of rotatable bonds is 4. The molecule has 0 aromatic carbocycles. The van der Waals surface area contributed by atoms with Crippen LogP contribution in [0.15, 0.2) is 12.7 Å². The molecule has 70 valence electrons. The third kappa shape index (κ3) is 3.87. The number of nitrogens with zero attached hydrogens (tertiary/aromatic N) is 1. The van der Waals surface area contributed by atoms with Crippen LogP contribution in [0.4, 0.5) is 0 Å². The van der Waals surface area contributed by atoms with E-state index in [2.05, 4.69) is 32.6 Å². The van der Waals surface area contributed by atoms with E-state index in [0.717, 1.165) is 13.0 Å². The zero-order valence-corrected chi connectivity index (χ0v) is 9.50. The van der Waals surface area contributed by atoms with Gasteiger partial charge >= 0.3 is 0 Å². The summed E-state index contributed by atoms with van der Waals surface area (Å²) in [5, 5.41) is 0. The number of piperidine rings is 1. The van der Waals surface area contributed by atoms with Gasteiger partial charge in [0.05, 0.1) is 12.7 Å².